The highest BCUT2D eigenvalue weighted by Gasteiger charge is 2.27. The Balaban J connectivity index is 4.05. The third-order valence-corrected chi connectivity index (χ3v) is 4.16. The molecule has 1 unspecified atom stereocenters. The molecule has 0 saturated carbocycles. The molecular weight excluding hydrogens is 228 g/mol. The standard InChI is InChI=1S/C15H32OS/c1-5-8-14(4)11-16-12-15(13-17,9-6-2)10-7-3/h14,17H,5-13H2,1-4H3. The summed E-state index contributed by atoms with van der Waals surface area (Å²) in [6.45, 7) is 10.8. The summed E-state index contributed by atoms with van der Waals surface area (Å²) in [4.78, 5) is 0. The maximum absolute atomic E-state index is 5.96. The largest absolute Gasteiger partial charge is 0.381 e. The lowest BCUT2D eigenvalue weighted by Gasteiger charge is -2.32. The van der Waals surface area contributed by atoms with Gasteiger partial charge in [0.2, 0.25) is 0 Å². The molecule has 0 aromatic heterocycles. The third-order valence-electron chi connectivity index (χ3n) is 3.49. The normalized spacial score (nSPS) is 13.9. The van der Waals surface area contributed by atoms with Gasteiger partial charge in [-0.15, -0.1) is 0 Å². The van der Waals surface area contributed by atoms with Crippen LogP contribution in [-0.2, 0) is 4.74 Å². The van der Waals surface area contributed by atoms with Crippen LogP contribution in [-0.4, -0.2) is 19.0 Å². The fourth-order valence-electron chi connectivity index (χ4n) is 2.59. The van der Waals surface area contributed by atoms with Gasteiger partial charge in [0.15, 0.2) is 0 Å². The van der Waals surface area contributed by atoms with Gasteiger partial charge in [0.25, 0.3) is 0 Å². The molecule has 0 spiro atoms. The van der Waals surface area contributed by atoms with Crippen LogP contribution in [0.15, 0.2) is 0 Å². The van der Waals surface area contributed by atoms with E-state index in [-0.39, 0.29) is 0 Å². The fourth-order valence-corrected chi connectivity index (χ4v) is 2.99. The van der Waals surface area contributed by atoms with E-state index < -0.39 is 0 Å². The van der Waals surface area contributed by atoms with Crippen molar-refractivity contribution in [3.63, 3.8) is 0 Å². The molecule has 0 heterocycles. The molecule has 0 fully saturated rings. The van der Waals surface area contributed by atoms with E-state index in [1.807, 2.05) is 0 Å². The van der Waals surface area contributed by atoms with Crippen molar-refractivity contribution in [3.8, 4) is 0 Å². The Morgan fingerprint density at radius 2 is 1.65 bits per heavy atom. The Bertz CT molecular complexity index is 164. The Labute approximate surface area is 114 Å². The highest BCUT2D eigenvalue weighted by Crippen LogP contribution is 2.31. The summed E-state index contributed by atoms with van der Waals surface area (Å²) < 4.78 is 5.96. The van der Waals surface area contributed by atoms with E-state index in [4.69, 9.17) is 4.74 Å². The number of hydrogen-bond donors (Lipinski definition) is 1. The molecule has 0 rings (SSSR count). The molecule has 0 aliphatic heterocycles. The van der Waals surface area contributed by atoms with Crippen LogP contribution in [0.3, 0.4) is 0 Å². The molecule has 0 radical (unpaired) electrons. The molecule has 0 N–H and O–H groups in total. The molecule has 0 aliphatic carbocycles. The Hall–Kier alpha value is 0.310. The van der Waals surface area contributed by atoms with Gasteiger partial charge >= 0.3 is 0 Å². The second-order valence-electron chi connectivity index (χ2n) is 5.57. The van der Waals surface area contributed by atoms with Gasteiger partial charge in [-0.2, -0.15) is 12.6 Å². The maximum Gasteiger partial charge on any atom is 0.0530 e. The second-order valence-corrected chi connectivity index (χ2v) is 5.88. The van der Waals surface area contributed by atoms with Crippen LogP contribution in [0.4, 0.5) is 0 Å². The van der Waals surface area contributed by atoms with E-state index in [2.05, 4.69) is 40.3 Å². The summed E-state index contributed by atoms with van der Waals surface area (Å²) in [5, 5.41) is 0. The van der Waals surface area contributed by atoms with Crippen LogP contribution in [0.2, 0.25) is 0 Å². The fraction of sp³-hybridized carbons (Fsp3) is 1.00. The lowest BCUT2D eigenvalue weighted by Crippen LogP contribution is -2.30. The van der Waals surface area contributed by atoms with Crippen LogP contribution >= 0.6 is 12.6 Å². The Morgan fingerprint density at radius 1 is 1.06 bits per heavy atom. The van der Waals surface area contributed by atoms with Crippen LogP contribution < -0.4 is 0 Å². The third kappa shape index (κ3) is 7.35. The summed E-state index contributed by atoms with van der Waals surface area (Å²) in [7, 11) is 0. The van der Waals surface area contributed by atoms with E-state index in [9.17, 15) is 0 Å². The molecule has 0 aromatic rings. The van der Waals surface area contributed by atoms with Gasteiger partial charge in [-0.05, 0) is 30.9 Å². The minimum absolute atomic E-state index is 0.318. The van der Waals surface area contributed by atoms with Crippen molar-refractivity contribution < 1.29 is 4.74 Å². The summed E-state index contributed by atoms with van der Waals surface area (Å²) in [6, 6.07) is 0. The van der Waals surface area contributed by atoms with Gasteiger partial charge in [0, 0.05) is 12.0 Å². The molecule has 17 heavy (non-hydrogen) atoms. The first-order valence-corrected chi connectivity index (χ1v) is 7.96. The summed E-state index contributed by atoms with van der Waals surface area (Å²) in [5.74, 6) is 1.65. The number of thiol groups is 1. The van der Waals surface area contributed by atoms with Crippen molar-refractivity contribution in [1.82, 2.24) is 0 Å². The Morgan fingerprint density at radius 3 is 2.06 bits per heavy atom. The van der Waals surface area contributed by atoms with Gasteiger partial charge < -0.3 is 4.74 Å². The van der Waals surface area contributed by atoms with Crippen LogP contribution in [0, 0.1) is 11.3 Å². The molecule has 1 nitrogen and oxygen atoms in total. The van der Waals surface area contributed by atoms with E-state index in [0.717, 1.165) is 19.0 Å². The van der Waals surface area contributed by atoms with Gasteiger partial charge in [-0.25, -0.2) is 0 Å². The number of ether oxygens (including phenoxy) is 1. The molecular formula is C15H32OS. The average Bonchev–Trinajstić information content (AvgIpc) is 2.30. The summed E-state index contributed by atoms with van der Waals surface area (Å²) >= 11 is 4.56. The van der Waals surface area contributed by atoms with Crippen LogP contribution in [0.25, 0.3) is 0 Å². The van der Waals surface area contributed by atoms with Gasteiger partial charge in [0.1, 0.15) is 0 Å². The van der Waals surface area contributed by atoms with E-state index in [0.29, 0.717) is 11.3 Å². The zero-order chi connectivity index (χ0) is 13.1. The summed E-state index contributed by atoms with van der Waals surface area (Å²) in [5.41, 5.74) is 0.318. The SMILES string of the molecule is CCCC(C)COCC(CS)(CCC)CCC. The quantitative estimate of drug-likeness (QED) is 0.517. The highest BCUT2D eigenvalue weighted by molar-refractivity contribution is 7.80. The van der Waals surface area contributed by atoms with Crippen molar-refractivity contribution in [1.29, 1.82) is 0 Å². The molecule has 0 aliphatic rings. The number of rotatable bonds is 11. The van der Waals surface area contributed by atoms with Crippen molar-refractivity contribution in [2.75, 3.05) is 19.0 Å². The van der Waals surface area contributed by atoms with Crippen molar-refractivity contribution >= 4 is 12.6 Å². The molecule has 104 valence electrons. The van der Waals surface area contributed by atoms with Crippen molar-refractivity contribution in [3.05, 3.63) is 0 Å². The van der Waals surface area contributed by atoms with Crippen molar-refractivity contribution in [2.24, 2.45) is 11.3 Å². The minimum atomic E-state index is 0.318. The average molecular weight is 260 g/mol. The molecule has 2 heteroatoms. The van der Waals surface area contributed by atoms with Gasteiger partial charge in [-0.3, -0.25) is 0 Å². The van der Waals surface area contributed by atoms with Crippen molar-refractivity contribution in [2.45, 2.75) is 66.2 Å². The first-order chi connectivity index (χ1) is 8.14. The predicted octanol–water partition coefficient (Wildman–Crippen LogP) is 4.96. The monoisotopic (exact) mass is 260 g/mol. The zero-order valence-corrected chi connectivity index (χ0v) is 13.2. The highest BCUT2D eigenvalue weighted by atomic mass is 32.1. The Kier molecular flexibility index (Phi) is 10.4. The summed E-state index contributed by atoms with van der Waals surface area (Å²) in [6.07, 6.45) is 7.48. The zero-order valence-electron chi connectivity index (χ0n) is 12.3. The maximum atomic E-state index is 5.96. The lowest BCUT2D eigenvalue weighted by atomic mass is 9.82. The first-order valence-electron chi connectivity index (χ1n) is 7.32. The second kappa shape index (κ2) is 10.3. The molecule has 0 aromatic carbocycles. The first kappa shape index (κ1) is 17.3. The molecule has 0 amide bonds. The van der Waals surface area contributed by atoms with E-state index in [1.165, 1.54) is 38.5 Å². The topological polar surface area (TPSA) is 9.23 Å². The van der Waals surface area contributed by atoms with E-state index >= 15 is 0 Å². The van der Waals surface area contributed by atoms with Gasteiger partial charge in [0.05, 0.1) is 6.61 Å². The molecule has 0 bridgehead atoms. The molecule has 1 atom stereocenters. The smallest absolute Gasteiger partial charge is 0.0530 e. The predicted molar refractivity (Wildman–Crippen MR) is 81.0 cm³/mol. The van der Waals surface area contributed by atoms with E-state index in [1.54, 1.807) is 0 Å². The molecule has 0 saturated heterocycles. The minimum Gasteiger partial charge on any atom is -0.381 e. The number of hydrogen-bond acceptors (Lipinski definition) is 2. The lowest BCUT2D eigenvalue weighted by molar-refractivity contribution is 0.0273. The van der Waals surface area contributed by atoms with Gasteiger partial charge in [-0.1, -0.05) is 47.0 Å². The van der Waals surface area contributed by atoms with Crippen LogP contribution in [0.5, 0.6) is 0 Å². The van der Waals surface area contributed by atoms with Crippen LogP contribution in [0.1, 0.15) is 66.2 Å².